The highest BCUT2D eigenvalue weighted by atomic mass is 16.5. The number of carbonyl (C=O) groups excluding carboxylic acids is 1. The number of nitrogens with one attached hydrogen (secondary N) is 1. The van der Waals surface area contributed by atoms with E-state index in [-0.39, 0.29) is 18.1 Å². The lowest BCUT2D eigenvalue weighted by molar-refractivity contribution is 0.0890. The zero-order valence-corrected chi connectivity index (χ0v) is 12.3. The fourth-order valence-corrected chi connectivity index (χ4v) is 2.68. The number of amides is 1. The van der Waals surface area contributed by atoms with Gasteiger partial charge in [0.2, 0.25) is 5.88 Å². The van der Waals surface area contributed by atoms with E-state index in [0.29, 0.717) is 11.4 Å². The van der Waals surface area contributed by atoms with Crippen LogP contribution in [-0.4, -0.2) is 28.0 Å². The number of hydrogen-bond acceptors (Lipinski definition) is 4. The minimum absolute atomic E-state index is 0.0535. The van der Waals surface area contributed by atoms with E-state index in [1.54, 1.807) is 30.7 Å². The Morgan fingerprint density at radius 1 is 1.09 bits per heavy atom. The third-order valence-corrected chi connectivity index (χ3v) is 3.86. The van der Waals surface area contributed by atoms with E-state index in [2.05, 4.69) is 15.3 Å². The average Bonchev–Trinajstić information content (AvgIpc) is 2.58. The second-order valence-corrected chi connectivity index (χ2v) is 5.47. The van der Waals surface area contributed by atoms with Crippen molar-refractivity contribution in [1.29, 1.82) is 0 Å². The van der Waals surface area contributed by atoms with E-state index >= 15 is 0 Å². The summed E-state index contributed by atoms with van der Waals surface area (Å²) in [5, 5.41) is 3.07. The Balaban J connectivity index is 1.47. The number of rotatable bonds is 4. The smallest absolute Gasteiger partial charge is 0.253 e. The van der Waals surface area contributed by atoms with Gasteiger partial charge >= 0.3 is 0 Å². The fraction of sp³-hybridized carbons (Fsp3) is 0.353. The van der Waals surface area contributed by atoms with Crippen LogP contribution in [0.3, 0.4) is 0 Å². The molecule has 1 aliphatic rings. The Bertz CT molecular complexity index is 596. The SMILES string of the molecule is O=C(NC1CCC(Oc2ccccn2)CC1)c1cccnc1. The molecule has 0 bridgehead atoms. The Kier molecular flexibility index (Phi) is 4.63. The van der Waals surface area contributed by atoms with E-state index < -0.39 is 0 Å². The van der Waals surface area contributed by atoms with Crippen molar-refractivity contribution in [3.63, 3.8) is 0 Å². The number of carbonyl (C=O) groups is 1. The van der Waals surface area contributed by atoms with Crippen LogP contribution in [0.4, 0.5) is 0 Å². The van der Waals surface area contributed by atoms with Gasteiger partial charge in [0.05, 0.1) is 5.56 Å². The van der Waals surface area contributed by atoms with E-state index in [4.69, 9.17) is 4.74 Å². The number of pyridine rings is 2. The standard InChI is InChI=1S/C17H19N3O2/c21-17(13-4-3-10-18-12-13)20-14-6-8-15(9-7-14)22-16-5-1-2-11-19-16/h1-5,10-12,14-15H,6-9H2,(H,20,21). The molecule has 1 aliphatic carbocycles. The summed E-state index contributed by atoms with van der Waals surface area (Å²) in [5.41, 5.74) is 0.606. The van der Waals surface area contributed by atoms with Gasteiger partial charge in [-0.25, -0.2) is 4.98 Å². The molecule has 0 aliphatic heterocycles. The third-order valence-electron chi connectivity index (χ3n) is 3.86. The summed E-state index contributed by atoms with van der Waals surface area (Å²) in [5.74, 6) is 0.618. The molecule has 22 heavy (non-hydrogen) atoms. The van der Waals surface area contributed by atoms with Crippen molar-refractivity contribution < 1.29 is 9.53 Å². The molecule has 1 saturated carbocycles. The molecule has 0 spiro atoms. The molecule has 0 atom stereocenters. The first kappa shape index (κ1) is 14.5. The maximum absolute atomic E-state index is 12.1. The second-order valence-electron chi connectivity index (χ2n) is 5.47. The highest BCUT2D eigenvalue weighted by molar-refractivity contribution is 5.93. The fourth-order valence-electron chi connectivity index (χ4n) is 2.68. The molecular formula is C17H19N3O2. The molecular weight excluding hydrogens is 278 g/mol. The predicted octanol–water partition coefficient (Wildman–Crippen LogP) is 2.60. The normalized spacial score (nSPS) is 21.1. The Morgan fingerprint density at radius 2 is 1.95 bits per heavy atom. The molecule has 3 rings (SSSR count). The van der Waals surface area contributed by atoms with E-state index in [0.717, 1.165) is 25.7 Å². The maximum Gasteiger partial charge on any atom is 0.253 e. The Hall–Kier alpha value is -2.43. The minimum atomic E-state index is -0.0535. The van der Waals surface area contributed by atoms with Crippen LogP contribution in [0.25, 0.3) is 0 Å². The topological polar surface area (TPSA) is 64.1 Å². The molecule has 2 heterocycles. The summed E-state index contributed by atoms with van der Waals surface area (Å²) in [6, 6.07) is 9.41. The summed E-state index contributed by atoms with van der Waals surface area (Å²) < 4.78 is 5.86. The van der Waals surface area contributed by atoms with Gasteiger partial charge in [-0.3, -0.25) is 9.78 Å². The van der Waals surface area contributed by atoms with Gasteiger partial charge in [0.25, 0.3) is 5.91 Å². The third kappa shape index (κ3) is 3.81. The van der Waals surface area contributed by atoms with Crippen LogP contribution in [0.5, 0.6) is 5.88 Å². The summed E-state index contributed by atoms with van der Waals surface area (Å²) in [6.45, 7) is 0. The van der Waals surface area contributed by atoms with Crippen molar-refractivity contribution in [2.24, 2.45) is 0 Å². The molecule has 0 saturated heterocycles. The highest BCUT2D eigenvalue weighted by Crippen LogP contribution is 2.23. The lowest BCUT2D eigenvalue weighted by atomic mass is 9.92. The van der Waals surface area contributed by atoms with Crippen LogP contribution in [0.1, 0.15) is 36.0 Å². The predicted molar refractivity (Wildman–Crippen MR) is 82.6 cm³/mol. The Labute approximate surface area is 129 Å². The largest absolute Gasteiger partial charge is 0.474 e. The quantitative estimate of drug-likeness (QED) is 0.942. The molecule has 1 amide bonds. The first-order chi connectivity index (χ1) is 10.8. The van der Waals surface area contributed by atoms with Crippen LogP contribution in [0.15, 0.2) is 48.9 Å². The molecule has 5 heteroatoms. The number of nitrogens with zero attached hydrogens (tertiary/aromatic N) is 2. The van der Waals surface area contributed by atoms with Crippen LogP contribution in [0, 0.1) is 0 Å². The van der Waals surface area contributed by atoms with E-state index in [9.17, 15) is 4.79 Å². The van der Waals surface area contributed by atoms with Crippen LogP contribution >= 0.6 is 0 Å². The van der Waals surface area contributed by atoms with Crippen molar-refractivity contribution in [2.45, 2.75) is 37.8 Å². The van der Waals surface area contributed by atoms with E-state index in [1.165, 1.54) is 0 Å². The van der Waals surface area contributed by atoms with Gasteiger partial charge in [-0.05, 0) is 43.9 Å². The summed E-state index contributed by atoms with van der Waals surface area (Å²) in [7, 11) is 0. The summed E-state index contributed by atoms with van der Waals surface area (Å²) in [4.78, 5) is 20.2. The monoisotopic (exact) mass is 297 g/mol. The lowest BCUT2D eigenvalue weighted by Gasteiger charge is -2.29. The molecule has 114 valence electrons. The van der Waals surface area contributed by atoms with Crippen LogP contribution in [0.2, 0.25) is 0 Å². The average molecular weight is 297 g/mol. The zero-order chi connectivity index (χ0) is 15.2. The van der Waals surface area contributed by atoms with Crippen molar-refractivity contribution in [2.75, 3.05) is 0 Å². The molecule has 0 aromatic carbocycles. The molecule has 1 fully saturated rings. The number of aromatic nitrogens is 2. The van der Waals surface area contributed by atoms with Crippen molar-refractivity contribution in [3.8, 4) is 5.88 Å². The summed E-state index contributed by atoms with van der Waals surface area (Å²) >= 11 is 0. The molecule has 2 aromatic heterocycles. The first-order valence-corrected chi connectivity index (χ1v) is 7.60. The van der Waals surface area contributed by atoms with Crippen molar-refractivity contribution in [1.82, 2.24) is 15.3 Å². The van der Waals surface area contributed by atoms with Crippen LogP contribution in [-0.2, 0) is 0 Å². The van der Waals surface area contributed by atoms with Gasteiger partial charge in [-0.15, -0.1) is 0 Å². The van der Waals surface area contributed by atoms with E-state index in [1.807, 2.05) is 18.2 Å². The van der Waals surface area contributed by atoms with Gasteiger partial charge in [0.1, 0.15) is 6.10 Å². The minimum Gasteiger partial charge on any atom is -0.474 e. The second kappa shape index (κ2) is 7.02. The Morgan fingerprint density at radius 3 is 2.64 bits per heavy atom. The van der Waals surface area contributed by atoms with Gasteiger partial charge in [0, 0.05) is 30.7 Å². The van der Waals surface area contributed by atoms with Gasteiger partial charge in [0.15, 0.2) is 0 Å². The zero-order valence-electron chi connectivity index (χ0n) is 12.3. The van der Waals surface area contributed by atoms with Gasteiger partial charge < -0.3 is 10.1 Å². The van der Waals surface area contributed by atoms with Gasteiger partial charge in [-0.2, -0.15) is 0 Å². The van der Waals surface area contributed by atoms with Gasteiger partial charge in [-0.1, -0.05) is 6.07 Å². The molecule has 0 unspecified atom stereocenters. The molecule has 5 nitrogen and oxygen atoms in total. The van der Waals surface area contributed by atoms with Crippen LogP contribution < -0.4 is 10.1 Å². The lowest BCUT2D eigenvalue weighted by Crippen LogP contribution is -2.39. The molecule has 2 aromatic rings. The molecule has 0 radical (unpaired) electrons. The molecule has 1 N–H and O–H groups in total. The van der Waals surface area contributed by atoms with Crippen molar-refractivity contribution >= 4 is 5.91 Å². The maximum atomic E-state index is 12.1. The first-order valence-electron chi connectivity index (χ1n) is 7.60. The highest BCUT2D eigenvalue weighted by Gasteiger charge is 2.24. The number of hydrogen-bond donors (Lipinski definition) is 1. The number of ether oxygens (including phenoxy) is 1. The van der Waals surface area contributed by atoms with Crippen molar-refractivity contribution in [3.05, 3.63) is 54.5 Å². The summed E-state index contributed by atoms with van der Waals surface area (Å²) in [6.07, 6.45) is 8.86.